The first-order chi connectivity index (χ1) is 9.24. The van der Waals surface area contributed by atoms with E-state index in [1.807, 2.05) is 0 Å². The normalized spacial score (nSPS) is 24.9. The van der Waals surface area contributed by atoms with Gasteiger partial charge in [0, 0.05) is 6.04 Å². The van der Waals surface area contributed by atoms with E-state index in [-0.39, 0.29) is 0 Å². The van der Waals surface area contributed by atoms with Gasteiger partial charge in [-0.1, -0.05) is 26.2 Å². The number of nitrogens with zero attached hydrogens (tertiary/aromatic N) is 1. The van der Waals surface area contributed by atoms with Crippen LogP contribution in [0.1, 0.15) is 71.6 Å². The molecular formula is C17H34N2. The molecule has 2 nitrogen and oxygen atoms in total. The Morgan fingerprint density at radius 1 is 1.05 bits per heavy atom. The monoisotopic (exact) mass is 266 g/mol. The Bertz CT molecular complexity index is 236. The molecule has 19 heavy (non-hydrogen) atoms. The Balaban J connectivity index is 1.53. The van der Waals surface area contributed by atoms with Gasteiger partial charge in [0.2, 0.25) is 0 Å². The van der Waals surface area contributed by atoms with Crippen LogP contribution < -0.4 is 5.32 Å². The summed E-state index contributed by atoms with van der Waals surface area (Å²) in [5.74, 6) is 0. The van der Waals surface area contributed by atoms with Crippen molar-refractivity contribution in [1.29, 1.82) is 0 Å². The Hall–Kier alpha value is -0.0800. The van der Waals surface area contributed by atoms with Gasteiger partial charge < -0.3 is 10.2 Å². The third-order valence-electron chi connectivity index (χ3n) is 5.50. The minimum atomic E-state index is 0.702. The smallest absolute Gasteiger partial charge is 0.00386 e. The molecule has 1 heterocycles. The second-order valence-electron chi connectivity index (χ2n) is 7.00. The number of piperidine rings is 1. The number of hydrogen-bond acceptors (Lipinski definition) is 2. The summed E-state index contributed by atoms with van der Waals surface area (Å²) in [7, 11) is 0. The molecule has 1 saturated heterocycles. The van der Waals surface area contributed by atoms with E-state index in [4.69, 9.17) is 0 Å². The maximum absolute atomic E-state index is 3.50. The van der Waals surface area contributed by atoms with Crippen molar-refractivity contribution in [3.63, 3.8) is 0 Å². The summed E-state index contributed by atoms with van der Waals surface area (Å²) >= 11 is 0. The lowest BCUT2D eigenvalue weighted by molar-refractivity contribution is 0.107. The quantitative estimate of drug-likeness (QED) is 0.705. The molecule has 0 aromatic heterocycles. The van der Waals surface area contributed by atoms with Crippen molar-refractivity contribution >= 4 is 0 Å². The second kappa shape index (κ2) is 7.64. The average Bonchev–Trinajstić information content (AvgIpc) is 2.86. The molecule has 1 atom stereocenters. The van der Waals surface area contributed by atoms with Crippen LogP contribution in [0, 0.1) is 5.41 Å². The second-order valence-corrected chi connectivity index (χ2v) is 7.00. The number of unbranched alkanes of at least 4 members (excludes halogenated alkanes) is 1. The molecule has 0 amide bonds. The van der Waals surface area contributed by atoms with Crippen molar-refractivity contribution < 1.29 is 0 Å². The van der Waals surface area contributed by atoms with Gasteiger partial charge >= 0.3 is 0 Å². The van der Waals surface area contributed by atoms with Crippen molar-refractivity contribution in [3.8, 4) is 0 Å². The van der Waals surface area contributed by atoms with Crippen LogP contribution in [0.2, 0.25) is 0 Å². The molecule has 112 valence electrons. The van der Waals surface area contributed by atoms with Gasteiger partial charge in [-0.25, -0.2) is 0 Å². The molecule has 1 unspecified atom stereocenters. The number of likely N-dealkylation sites (tertiary alicyclic amines) is 1. The first kappa shape index (κ1) is 15.3. The zero-order valence-corrected chi connectivity index (χ0v) is 13.2. The number of hydrogen-bond donors (Lipinski definition) is 1. The van der Waals surface area contributed by atoms with Crippen LogP contribution in [0.3, 0.4) is 0 Å². The van der Waals surface area contributed by atoms with E-state index >= 15 is 0 Å². The van der Waals surface area contributed by atoms with Crippen LogP contribution in [0.4, 0.5) is 0 Å². The zero-order valence-electron chi connectivity index (χ0n) is 13.2. The fourth-order valence-electron chi connectivity index (χ4n) is 4.11. The fourth-order valence-corrected chi connectivity index (χ4v) is 4.11. The molecule has 1 saturated carbocycles. The summed E-state index contributed by atoms with van der Waals surface area (Å²) < 4.78 is 0. The Kier molecular flexibility index (Phi) is 6.15. The molecule has 2 aliphatic rings. The van der Waals surface area contributed by atoms with E-state index in [1.54, 1.807) is 0 Å². The molecule has 0 aromatic rings. The van der Waals surface area contributed by atoms with Crippen LogP contribution in [0.5, 0.6) is 0 Å². The van der Waals surface area contributed by atoms with Gasteiger partial charge in [0.25, 0.3) is 0 Å². The van der Waals surface area contributed by atoms with Gasteiger partial charge in [0.15, 0.2) is 0 Å². The largest absolute Gasteiger partial charge is 0.315 e. The fraction of sp³-hybridized carbons (Fsp3) is 1.00. The van der Waals surface area contributed by atoms with E-state index in [1.165, 1.54) is 77.4 Å². The maximum atomic E-state index is 3.50. The standard InChI is InChI=1S/C17H34N2/c1-3-18-16(2)8-4-7-13-19-14-11-17(12-15-19)9-5-6-10-17/h16,18H,3-15H2,1-2H3. The van der Waals surface area contributed by atoms with Gasteiger partial charge in [0.05, 0.1) is 0 Å². The van der Waals surface area contributed by atoms with Crippen LogP contribution in [-0.2, 0) is 0 Å². The zero-order chi connectivity index (χ0) is 13.6. The van der Waals surface area contributed by atoms with Crippen LogP contribution in [0.25, 0.3) is 0 Å². The average molecular weight is 266 g/mol. The summed E-state index contributed by atoms with van der Waals surface area (Å²) in [5.41, 5.74) is 0.788. The SMILES string of the molecule is CCNC(C)CCCCN1CCC2(CCCC2)CC1. The topological polar surface area (TPSA) is 15.3 Å². The third-order valence-corrected chi connectivity index (χ3v) is 5.50. The van der Waals surface area contributed by atoms with E-state index in [0.29, 0.717) is 6.04 Å². The molecule has 2 rings (SSSR count). The summed E-state index contributed by atoms with van der Waals surface area (Å²) in [5, 5.41) is 3.50. The molecule has 1 spiro atoms. The minimum Gasteiger partial charge on any atom is -0.315 e. The lowest BCUT2D eigenvalue weighted by atomic mass is 9.77. The molecule has 2 heteroatoms. The minimum absolute atomic E-state index is 0.702. The molecule has 0 bridgehead atoms. The predicted molar refractivity (Wildman–Crippen MR) is 83.6 cm³/mol. The van der Waals surface area contributed by atoms with Crippen molar-refractivity contribution in [3.05, 3.63) is 0 Å². The van der Waals surface area contributed by atoms with Gasteiger partial charge in [-0.2, -0.15) is 0 Å². The first-order valence-electron chi connectivity index (χ1n) is 8.70. The molecule has 0 aromatic carbocycles. The van der Waals surface area contributed by atoms with Gasteiger partial charge in [-0.3, -0.25) is 0 Å². The summed E-state index contributed by atoms with van der Waals surface area (Å²) in [6.07, 6.45) is 13.2. The molecule has 1 N–H and O–H groups in total. The highest BCUT2D eigenvalue weighted by Gasteiger charge is 2.36. The highest BCUT2D eigenvalue weighted by Crippen LogP contribution is 2.46. The Labute approximate surface area is 120 Å². The predicted octanol–water partition coefficient (Wildman–Crippen LogP) is 3.81. The van der Waals surface area contributed by atoms with E-state index in [2.05, 4.69) is 24.1 Å². The highest BCUT2D eigenvalue weighted by atomic mass is 15.1. The molecule has 1 aliphatic heterocycles. The van der Waals surface area contributed by atoms with Crippen molar-refractivity contribution in [2.75, 3.05) is 26.2 Å². The summed E-state index contributed by atoms with van der Waals surface area (Å²) in [6.45, 7) is 9.72. The van der Waals surface area contributed by atoms with Crippen molar-refractivity contribution in [2.45, 2.75) is 77.7 Å². The van der Waals surface area contributed by atoms with Crippen molar-refractivity contribution in [1.82, 2.24) is 10.2 Å². The molecule has 2 fully saturated rings. The lowest BCUT2D eigenvalue weighted by Gasteiger charge is -2.39. The summed E-state index contributed by atoms with van der Waals surface area (Å²) in [6, 6.07) is 0.702. The maximum Gasteiger partial charge on any atom is 0.00386 e. The third kappa shape index (κ3) is 4.75. The van der Waals surface area contributed by atoms with Crippen LogP contribution in [0.15, 0.2) is 0 Å². The van der Waals surface area contributed by atoms with Gasteiger partial charge in [-0.15, -0.1) is 0 Å². The van der Waals surface area contributed by atoms with Crippen LogP contribution >= 0.6 is 0 Å². The van der Waals surface area contributed by atoms with E-state index < -0.39 is 0 Å². The van der Waals surface area contributed by atoms with Crippen LogP contribution in [-0.4, -0.2) is 37.1 Å². The van der Waals surface area contributed by atoms with E-state index in [0.717, 1.165) is 12.0 Å². The lowest BCUT2D eigenvalue weighted by Crippen LogP contribution is -2.39. The summed E-state index contributed by atoms with van der Waals surface area (Å²) in [4.78, 5) is 2.72. The number of rotatable bonds is 7. The molecule has 0 radical (unpaired) electrons. The van der Waals surface area contributed by atoms with Gasteiger partial charge in [-0.05, 0) is 77.0 Å². The Morgan fingerprint density at radius 3 is 2.37 bits per heavy atom. The van der Waals surface area contributed by atoms with Gasteiger partial charge in [0.1, 0.15) is 0 Å². The van der Waals surface area contributed by atoms with Crippen molar-refractivity contribution in [2.24, 2.45) is 5.41 Å². The number of nitrogens with one attached hydrogen (secondary N) is 1. The molecule has 1 aliphatic carbocycles. The van der Waals surface area contributed by atoms with E-state index in [9.17, 15) is 0 Å². The Morgan fingerprint density at radius 2 is 1.74 bits per heavy atom. The highest BCUT2D eigenvalue weighted by molar-refractivity contribution is 4.89. The first-order valence-corrected chi connectivity index (χ1v) is 8.70. The molecular weight excluding hydrogens is 232 g/mol.